The molecule has 5 heteroatoms. The van der Waals surface area contributed by atoms with Crippen LogP contribution in [0.2, 0.25) is 0 Å². The second-order valence-corrected chi connectivity index (χ2v) is 5.60. The number of likely N-dealkylation sites (N-methyl/N-ethyl adjacent to an activating group) is 1. The van der Waals surface area contributed by atoms with Gasteiger partial charge in [-0.3, -0.25) is 9.59 Å². The minimum absolute atomic E-state index is 0.0136. The molecule has 3 N–H and O–H groups in total. The minimum Gasteiger partial charge on any atom is -0.340 e. The van der Waals surface area contributed by atoms with Crippen molar-refractivity contribution in [1.82, 2.24) is 4.90 Å². The highest BCUT2D eigenvalue weighted by Crippen LogP contribution is 2.24. The molecule has 0 radical (unpaired) electrons. The Bertz CT molecular complexity index is 532. The second-order valence-electron chi connectivity index (χ2n) is 5.60. The van der Waals surface area contributed by atoms with Crippen molar-refractivity contribution in [3.05, 3.63) is 29.3 Å². The van der Waals surface area contributed by atoms with Crippen LogP contribution in [0.3, 0.4) is 0 Å². The summed E-state index contributed by atoms with van der Waals surface area (Å²) in [7, 11) is 1.73. The van der Waals surface area contributed by atoms with Gasteiger partial charge in [-0.25, -0.2) is 0 Å². The van der Waals surface area contributed by atoms with Gasteiger partial charge in [0.1, 0.15) is 0 Å². The summed E-state index contributed by atoms with van der Waals surface area (Å²) >= 11 is 0. The first-order valence-electron chi connectivity index (χ1n) is 6.23. The third-order valence-electron chi connectivity index (χ3n) is 3.11. The summed E-state index contributed by atoms with van der Waals surface area (Å²) < 4.78 is 0. The fraction of sp³-hybridized carbons (Fsp3) is 0.429. The molecule has 1 heterocycles. The Morgan fingerprint density at radius 3 is 2.79 bits per heavy atom. The molecule has 19 heavy (non-hydrogen) atoms. The lowest BCUT2D eigenvalue weighted by Gasteiger charge is -2.26. The number of nitrogens with zero attached hydrogens (tertiary/aromatic N) is 1. The van der Waals surface area contributed by atoms with Crippen LogP contribution < -0.4 is 11.1 Å². The molecule has 102 valence electrons. The van der Waals surface area contributed by atoms with E-state index in [-0.39, 0.29) is 11.8 Å². The Kier molecular flexibility index (Phi) is 3.32. The van der Waals surface area contributed by atoms with Crippen molar-refractivity contribution in [1.29, 1.82) is 0 Å². The van der Waals surface area contributed by atoms with Gasteiger partial charge in [0.05, 0.1) is 12.0 Å². The number of hydrogen-bond donors (Lipinski definition) is 2. The van der Waals surface area contributed by atoms with Gasteiger partial charge in [0.15, 0.2) is 0 Å². The van der Waals surface area contributed by atoms with Gasteiger partial charge in [-0.05, 0) is 31.0 Å². The number of carbonyl (C=O) groups excluding carboxylic acids is 2. The Labute approximate surface area is 112 Å². The van der Waals surface area contributed by atoms with Crippen LogP contribution in [0, 0.1) is 0 Å². The molecule has 1 aromatic rings. The minimum atomic E-state index is -0.872. The van der Waals surface area contributed by atoms with Crippen molar-refractivity contribution < 1.29 is 9.59 Å². The molecule has 0 bridgehead atoms. The van der Waals surface area contributed by atoms with Crippen molar-refractivity contribution >= 4 is 17.5 Å². The standard InChI is InChI=1S/C14H19N3O2/c1-14(2,15)13(19)17(3)8-9-4-5-11-10(6-9)7-12(18)16-11/h4-6H,7-8,15H2,1-3H3,(H,16,18). The predicted octanol–water partition coefficient (Wildman–Crippen LogP) is 0.877. The maximum Gasteiger partial charge on any atom is 0.242 e. The third kappa shape index (κ3) is 2.93. The highest BCUT2D eigenvalue weighted by atomic mass is 16.2. The van der Waals surface area contributed by atoms with Crippen molar-refractivity contribution in [3.8, 4) is 0 Å². The lowest BCUT2D eigenvalue weighted by molar-refractivity contribution is -0.135. The summed E-state index contributed by atoms with van der Waals surface area (Å²) in [4.78, 5) is 24.9. The predicted molar refractivity (Wildman–Crippen MR) is 73.5 cm³/mol. The molecule has 1 aliphatic heterocycles. The molecule has 0 atom stereocenters. The molecule has 0 aromatic heterocycles. The fourth-order valence-corrected chi connectivity index (χ4v) is 2.22. The molecule has 5 nitrogen and oxygen atoms in total. The van der Waals surface area contributed by atoms with Gasteiger partial charge < -0.3 is 16.0 Å². The number of rotatable bonds is 3. The SMILES string of the molecule is CN(Cc1ccc2c(c1)CC(=O)N2)C(=O)C(C)(C)N. The van der Waals surface area contributed by atoms with E-state index in [0.717, 1.165) is 16.8 Å². The number of benzene rings is 1. The van der Waals surface area contributed by atoms with E-state index in [1.54, 1.807) is 25.8 Å². The molecular weight excluding hydrogens is 242 g/mol. The summed E-state index contributed by atoms with van der Waals surface area (Å²) in [6.07, 6.45) is 0.406. The summed E-state index contributed by atoms with van der Waals surface area (Å²) in [6.45, 7) is 3.87. The van der Waals surface area contributed by atoms with Gasteiger partial charge in [-0.15, -0.1) is 0 Å². The first-order valence-corrected chi connectivity index (χ1v) is 6.23. The largest absolute Gasteiger partial charge is 0.340 e. The van der Waals surface area contributed by atoms with E-state index in [2.05, 4.69) is 5.32 Å². The van der Waals surface area contributed by atoms with E-state index in [4.69, 9.17) is 5.73 Å². The topological polar surface area (TPSA) is 75.4 Å². The first-order chi connectivity index (χ1) is 8.77. The van der Waals surface area contributed by atoms with Crippen LogP contribution in [-0.4, -0.2) is 29.3 Å². The Hall–Kier alpha value is -1.88. The average molecular weight is 261 g/mol. The van der Waals surface area contributed by atoms with E-state index in [9.17, 15) is 9.59 Å². The van der Waals surface area contributed by atoms with E-state index < -0.39 is 5.54 Å². The summed E-state index contributed by atoms with van der Waals surface area (Å²) in [6, 6.07) is 5.75. The molecule has 1 aliphatic rings. The highest BCUT2D eigenvalue weighted by Gasteiger charge is 2.26. The van der Waals surface area contributed by atoms with Gasteiger partial charge in [0.2, 0.25) is 11.8 Å². The first kappa shape index (κ1) is 13.5. The smallest absolute Gasteiger partial charge is 0.242 e. The number of fused-ring (bicyclic) bond motifs is 1. The molecular formula is C14H19N3O2. The highest BCUT2D eigenvalue weighted by molar-refractivity contribution is 5.99. The van der Waals surface area contributed by atoms with Crippen LogP contribution >= 0.6 is 0 Å². The van der Waals surface area contributed by atoms with E-state index in [0.29, 0.717) is 13.0 Å². The Balaban J connectivity index is 2.11. The monoisotopic (exact) mass is 261 g/mol. The molecule has 0 saturated carbocycles. The average Bonchev–Trinajstić information content (AvgIpc) is 2.66. The van der Waals surface area contributed by atoms with Crippen LogP contribution in [0.4, 0.5) is 5.69 Å². The number of nitrogens with one attached hydrogen (secondary N) is 1. The van der Waals surface area contributed by atoms with Gasteiger partial charge in [-0.1, -0.05) is 12.1 Å². The number of hydrogen-bond acceptors (Lipinski definition) is 3. The Morgan fingerprint density at radius 1 is 1.47 bits per heavy atom. The van der Waals surface area contributed by atoms with Crippen molar-refractivity contribution in [2.45, 2.75) is 32.4 Å². The zero-order valence-electron chi connectivity index (χ0n) is 11.5. The van der Waals surface area contributed by atoms with Gasteiger partial charge in [-0.2, -0.15) is 0 Å². The van der Waals surface area contributed by atoms with Gasteiger partial charge in [0.25, 0.3) is 0 Å². The maximum atomic E-state index is 12.0. The van der Waals surface area contributed by atoms with Crippen LogP contribution in [0.15, 0.2) is 18.2 Å². The van der Waals surface area contributed by atoms with Crippen molar-refractivity contribution in [2.24, 2.45) is 5.73 Å². The molecule has 0 spiro atoms. The van der Waals surface area contributed by atoms with Crippen LogP contribution in [0.25, 0.3) is 0 Å². The second kappa shape index (κ2) is 4.66. The molecule has 0 aliphatic carbocycles. The molecule has 2 rings (SSSR count). The van der Waals surface area contributed by atoms with Crippen molar-refractivity contribution in [3.63, 3.8) is 0 Å². The quantitative estimate of drug-likeness (QED) is 0.848. The number of anilines is 1. The fourth-order valence-electron chi connectivity index (χ4n) is 2.22. The van der Waals surface area contributed by atoms with E-state index >= 15 is 0 Å². The van der Waals surface area contributed by atoms with Crippen LogP contribution in [0.1, 0.15) is 25.0 Å². The van der Waals surface area contributed by atoms with Crippen molar-refractivity contribution in [2.75, 3.05) is 12.4 Å². The van der Waals surface area contributed by atoms with Crippen LogP contribution in [0.5, 0.6) is 0 Å². The molecule has 1 aromatic carbocycles. The molecule has 2 amide bonds. The Morgan fingerprint density at radius 2 is 2.16 bits per heavy atom. The van der Waals surface area contributed by atoms with Gasteiger partial charge >= 0.3 is 0 Å². The lowest BCUT2D eigenvalue weighted by atomic mass is 10.0. The summed E-state index contributed by atoms with van der Waals surface area (Å²) in [5.41, 5.74) is 7.76. The van der Waals surface area contributed by atoms with Gasteiger partial charge in [0, 0.05) is 19.3 Å². The van der Waals surface area contributed by atoms with E-state index in [1.807, 2.05) is 18.2 Å². The molecule has 0 unspecified atom stereocenters. The zero-order chi connectivity index (χ0) is 14.2. The number of amides is 2. The molecule has 0 fully saturated rings. The third-order valence-corrected chi connectivity index (χ3v) is 3.11. The zero-order valence-corrected chi connectivity index (χ0v) is 11.5. The summed E-state index contributed by atoms with van der Waals surface area (Å²) in [5, 5.41) is 2.79. The normalized spacial score (nSPS) is 14.0. The van der Waals surface area contributed by atoms with E-state index in [1.165, 1.54) is 0 Å². The van der Waals surface area contributed by atoms with Crippen LogP contribution in [-0.2, 0) is 22.6 Å². The molecule has 0 saturated heterocycles. The number of carbonyl (C=O) groups is 2. The maximum absolute atomic E-state index is 12.0. The summed E-state index contributed by atoms with van der Waals surface area (Å²) in [5.74, 6) is -0.0955. The lowest BCUT2D eigenvalue weighted by Crippen LogP contribution is -2.49. The number of nitrogens with two attached hydrogens (primary N) is 1.